The van der Waals surface area contributed by atoms with Gasteiger partial charge in [-0.2, -0.15) is 11.8 Å². The molecule has 19 heavy (non-hydrogen) atoms. The number of carbonyl (C=O) groups excluding carboxylic acids is 1. The topological polar surface area (TPSA) is 35.6 Å². The van der Waals surface area contributed by atoms with Crippen molar-refractivity contribution in [2.45, 2.75) is 39.4 Å². The predicted octanol–water partition coefficient (Wildman–Crippen LogP) is 1.23. The van der Waals surface area contributed by atoms with Crippen LogP contribution in [0, 0.1) is 5.92 Å². The first-order valence-corrected chi connectivity index (χ1v) is 8.65. The van der Waals surface area contributed by atoms with E-state index in [0.717, 1.165) is 19.5 Å². The third-order valence-electron chi connectivity index (χ3n) is 4.11. The van der Waals surface area contributed by atoms with E-state index in [1.807, 2.05) is 11.8 Å². The third-order valence-corrected chi connectivity index (χ3v) is 5.05. The van der Waals surface area contributed by atoms with Gasteiger partial charge in [-0.1, -0.05) is 20.8 Å². The fourth-order valence-electron chi connectivity index (χ4n) is 2.86. The lowest BCUT2D eigenvalue weighted by Crippen LogP contribution is -2.44. The Hall–Kier alpha value is -0.260. The van der Waals surface area contributed by atoms with Crippen LogP contribution in [0.25, 0.3) is 0 Å². The van der Waals surface area contributed by atoms with Crippen LogP contribution < -0.4 is 5.32 Å². The van der Waals surface area contributed by atoms with E-state index < -0.39 is 0 Å². The first kappa shape index (κ1) is 15.1. The second kappa shape index (κ2) is 6.95. The fourth-order valence-corrected chi connectivity index (χ4v) is 3.84. The first-order valence-electron chi connectivity index (χ1n) is 7.50. The van der Waals surface area contributed by atoms with Crippen LogP contribution in [0.3, 0.4) is 0 Å². The molecule has 2 saturated heterocycles. The van der Waals surface area contributed by atoms with E-state index in [2.05, 4.69) is 35.9 Å². The lowest BCUT2D eigenvalue weighted by Gasteiger charge is -2.30. The first-order chi connectivity index (χ1) is 9.13. The summed E-state index contributed by atoms with van der Waals surface area (Å²) in [6, 6.07) is 0.0156. The highest BCUT2D eigenvalue weighted by Crippen LogP contribution is 2.19. The summed E-state index contributed by atoms with van der Waals surface area (Å²) < 4.78 is 0. The molecule has 110 valence electrons. The second-order valence-electron chi connectivity index (χ2n) is 5.80. The molecule has 0 spiro atoms. The summed E-state index contributed by atoms with van der Waals surface area (Å²) in [7, 11) is 0. The Bertz CT molecular complexity index is 305. The zero-order valence-electron chi connectivity index (χ0n) is 12.4. The largest absolute Gasteiger partial charge is 0.325 e. The SMILES string of the molecule is CCC1NC(C(C)C)C(=O)N1CCN1CCSCC1. The molecule has 4 nitrogen and oxygen atoms in total. The molecule has 0 radical (unpaired) electrons. The molecule has 0 aromatic carbocycles. The summed E-state index contributed by atoms with van der Waals surface area (Å²) >= 11 is 2.03. The van der Waals surface area contributed by atoms with Crippen LogP contribution in [-0.2, 0) is 4.79 Å². The van der Waals surface area contributed by atoms with Gasteiger partial charge in [0.2, 0.25) is 5.91 Å². The molecule has 0 aliphatic carbocycles. The van der Waals surface area contributed by atoms with E-state index in [-0.39, 0.29) is 12.2 Å². The van der Waals surface area contributed by atoms with Crippen molar-refractivity contribution in [2.24, 2.45) is 5.92 Å². The Morgan fingerprint density at radius 2 is 2.00 bits per heavy atom. The number of nitrogens with one attached hydrogen (secondary N) is 1. The lowest BCUT2D eigenvalue weighted by molar-refractivity contribution is -0.131. The second-order valence-corrected chi connectivity index (χ2v) is 7.02. The number of amides is 1. The highest BCUT2D eigenvalue weighted by atomic mass is 32.2. The van der Waals surface area contributed by atoms with Crippen LogP contribution in [0.2, 0.25) is 0 Å². The molecule has 5 heteroatoms. The molecule has 0 aromatic rings. The van der Waals surface area contributed by atoms with Gasteiger partial charge in [-0.25, -0.2) is 0 Å². The number of rotatable bonds is 5. The summed E-state index contributed by atoms with van der Waals surface area (Å²) in [6.07, 6.45) is 1.23. The summed E-state index contributed by atoms with van der Waals surface area (Å²) in [4.78, 5) is 17.0. The Labute approximate surface area is 121 Å². The quantitative estimate of drug-likeness (QED) is 0.824. The van der Waals surface area contributed by atoms with E-state index in [1.54, 1.807) is 0 Å². The highest BCUT2D eigenvalue weighted by Gasteiger charge is 2.39. The summed E-state index contributed by atoms with van der Waals surface area (Å²) in [5.74, 6) is 3.14. The van der Waals surface area contributed by atoms with Crippen molar-refractivity contribution in [1.82, 2.24) is 15.1 Å². The van der Waals surface area contributed by atoms with Crippen molar-refractivity contribution in [3.8, 4) is 0 Å². The molecule has 2 fully saturated rings. The van der Waals surface area contributed by atoms with E-state index in [1.165, 1.54) is 24.6 Å². The maximum absolute atomic E-state index is 12.4. The number of nitrogens with zero attached hydrogens (tertiary/aromatic N) is 2. The molecule has 2 rings (SSSR count). The average Bonchev–Trinajstić information content (AvgIpc) is 2.74. The molecule has 1 N–H and O–H groups in total. The van der Waals surface area contributed by atoms with Gasteiger partial charge in [-0.05, 0) is 12.3 Å². The van der Waals surface area contributed by atoms with Gasteiger partial charge in [-0.15, -0.1) is 0 Å². The van der Waals surface area contributed by atoms with Crippen molar-refractivity contribution < 1.29 is 4.79 Å². The predicted molar refractivity (Wildman–Crippen MR) is 81.3 cm³/mol. The van der Waals surface area contributed by atoms with Crippen molar-refractivity contribution >= 4 is 17.7 Å². The molecule has 2 atom stereocenters. The Balaban J connectivity index is 1.88. The molecular formula is C14H27N3OS. The van der Waals surface area contributed by atoms with Crippen molar-refractivity contribution in [1.29, 1.82) is 0 Å². The van der Waals surface area contributed by atoms with Gasteiger partial charge >= 0.3 is 0 Å². The Morgan fingerprint density at radius 3 is 2.58 bits per heavy atom. The van der Waals surface area contributed by atoms with Crippen LogP contribution in [0.4, 0.5) is 0 Å². The summed E-state index contributed by atoms with van der Waals surface area (Å²) in [5, 5.41) is 3.48. The van der Waals surface area contributed by atoms with Crippen LogP contribution in [0.1, 0.15) is 27.2 Å². The van der Waals surface area contributed by atoms with Crippen molar-refractivity contribution in [3.05, 3.63) is 0 Å². The van der Waals surface area contributed by atoms with Crippen molar-refractivity contribution in [3.63, 3.8) is 0 Å². The van der Waals surface area contributed by atoms with Gasteiger partial charge in [0.15, 0.2) is 0 Å². The smallest absolute Gasteiger partial charge is 0.241 e. The minimum Gasteiger partial charge on any atom is -0.325 e. The van der Waals surface area contributed by atoms with E-state index in [0.29, 0.717) is 11.8 Å². The van der Waals surface area contributed by atoms with Gasteiger partial charge in [0.05, 0.1) is 12.2 Å². The number of hydrogen-bond acceptors (Lipinski definition) is 4. The fraction of sp³-hybridized carbons (Fsp3) is 0.929. The molecule has 2 aliphatic rings. The van der Waals surface area contributed by atoms with Crippen molar-refractivity contribution in [2.75, 3.05) is 37.7 Å². The van der Waals surface area contributed by atoms with Gasteiger partial charge in [0.25, 0.3) is 0 Å². The average molecular weight is 285 g/mol. The van der Waals surface area contributed by atoms with Gasteiger partial charge in [-0.3, -0.25) is 15.0 Å². The van der Waals surface area contributed by atoms with Crippen LogP contribution in [-0.4, -0.2) is 65.6 Å². The monoisotopic (exact) mass is 285 g/mol. The van der Waals surface area contributed by atoms with Gasteiger partial charge in [0, 0.05) is 37.7 Å². The molecule has 2 heterocycles. The molecule has 1 amide bonds. The molecule has 2 aliphatic heterocycles. The molecule has 0 bridgehead atoms. The Kier molecular flexibility index (Phi) is 5.54. The highest BCUT2D eigenvalue weighted by molar-refractivity contribution is 7.99. The van der Waals surface area contributed by atoms with E-state index in [4.69, 9.17) is 0 Å². The maximum atomic E-state index is 12.4. The third kappa shape index (κ3) is 3.64. The molecular weight excluding hydrogens is 258 g/mol. The standard InChI is InChI=1S/C14H27N3OS/c1-4-12-15-13(11(2)3)14(18)17(12)6-5-16-7-9-19-10-8-16/h11-13,15H,4-10H2,1-3H3. The number of hydrogen-bond donors (Lipinski definition) is 1. The molecule has 0 saturated carbocycles. The van der Waals surface area contributed by atoms with Gasteiger partial charge < -0.3 is 4.90 Å². The zero-order valence-corrected chi connectivity index (χ0v) is 13.2. The van der Waals surface area contributed by atoms with Crippen LogP contribution in [0.5, 0.6) is 0 Å². The van der Waals surface area contributed by atoms with Crippen LogP contribution in [0.15, 0.2) is 0 Å². The Morgan fingerprint density at radius 1 is 1.32 bits per heavy atom. The maximum Gasteiger partial charge on any atom is 0.241 e. The minimum absolute atomic E-state index is 0.0156. The molecule has 0 aromatic heterocycles. The number of carbonyl (C=O) groups is 1. The van der Waals surface area contributed by atoms with Crippen LogP contribution >= 0.6 is 11.8 Å². The minimum atomic E-state index is 0.0156. The zero-order chi connectivity index (χ0) is 13.8. The number of thioether (sulfide) groups is 1. The van der Waals surface area contributed by atoms with Gasteiger partial charge in [0.1, 0.15) is 0 Å². The summed E-state index contributed by atoms with van der Waals surface area (Å²) in [5.41, 5.74) is 0. The van der Waals surface area contributed by atoms with E-state index in [9.17, 15) is 4.79 Å². The summed E-state index contributed by atoms with van der Waals surface area (Å²) in [6.45, 7) is 10.6. The van der Waals surface area contributed by atoms with E-state index >= 15 is 0 Å². The lowest BCUT2D eigenvalue weighted by atomic mass is 10.1. The normalized spacial score (nSPS) is 29.5. The molecule has 2 unspecified atom stereocenters.